The molecule has 3 N–H and O–H groups in total. The highest BCUT2D eigenvalue weighted by atomic mass is 32.2. The first-order valence-electron chi connectivity index (χ1n) is 7.60. The SMILES string of the molecule is O=P(O)(O)CNS(=O)(=O)c1cc2cc(CN3CCOCC3)ccc2s1. The van der Waals surface area contributed by atoms with Gasteiger partial charge in [-0.05, 0) is 29.1 Å². The van der Waals surface area contributed by atoms with E-state index in [0.717, 1.165) is 46.6 Å². The van der Waals surface area contributed by atoms with Crippen LogP contribution in [0.5, 0.6) is 0 Å². The van der Waals surface area contributed by atoms with Crippen LogP contribution in [0.3, 0.4) is 0 Å². The summed E-state index contributed by atoms with van der Waals surface area (Å²) in [6.07, 6.45) is -0.911. The van der Waals surface area contributed by atoms with E-state index in [-0.39, 0.29) is 4.21 Å². The number of ether oxygens (including phenoxy) is 1. The van der Waals surface area contributed by atoms with Crippen molar-refractivity contribution in [2.75, 3.05) is 32.6 Å². The van der Waals surface area contributed by atoms with Gasteiger partial charge in [-0.2, -0.15) is 4.72 Å². The Bertz CT molecular complexity index is 901. The summed E-state index contributed by atoms with van der Waals surface area (Å²) in [4.78, 5) is 19.9. The second kappa shape index (κ2) is 7.42. The molecule has 1 aliphatic rings. The number of nitrogens with zero attached hydrogens (tertiary/aromatic N) is 1. The Morgan fingerprint density at radius 1 is 1.24 bits per heavy atom. The van der Waals surface area contributed by atoms with Crippen LogP contribution in [0, 0.1) is 0 Å². The van der Waals surface area contributed by atoms with Gasteiger partial charge >= 0.3 is 7.60 Å². The average Bonchev–Trinajstić information content (AvgIpc) is 2.98. The predicted octanol–water partition coefficient (Wildman–Crippen LogP) is 1.15. The molecule has 0 spiro atoms. The molecule has 0 saturated carbocycles. The number of nitrogens with one attached hydrogen (secondary N) is 1. The molecule has 0 amide bonds. The van der Waals surface area contributed by atoms with Crippen LogP contribution in [0.1, 0.15) is 5.56 Å². The van der Waals surface area contributed by atoms with Gasteiger partial charge in [-0.1, -0.05) is 6.07 Å². The number of morpholine rings is 1. The number of rotatable bonds is 6. The second-order valence-corrected chi connectivity index (χ2v) is 10.5. The topological polar surface area (TPSA) is 116 Å². The normalized spacial score (nSPS) is 17.2. The lowest BCUT2D eigenvalue weighted by atomic mass is 10.1. The highest BCUT2D eigenvalue weighted by molar-refractivity contribution is 7.92. The highest BCUT2D eigenvalue weighted by Gasteiger charge is 2.22. The third kappa shape index (κ3) is 5.08. The molecule has 2 aromatic rings. The Morgan fingerprint density at radius 2 is 1.96 bits per heavy atom. The fourth-order valence-corrected chi connectivity index (χ4v) is 5.99. The van der Waals surface area contributed by atoms with Gasteiger partial charge in [0.25, 0.3) is 10.0 Å². The molecule has 138 valence electrons. The average molecular weight is 406 g/mol. The van der Waals surface area contributed by atoms with Crippen molar-refractivity contribution in [3.05, 3.63) is 29.8 Å². The van der Waals surface area contributed by atoms with E-state index in [9.17, 15) is 13.0 Å². The third-order valence-electron chi connectivity index (χ3n) is 3.79. The molecule has 0 radical (unpaired) electrons. The summed E-state index contributed by atoms with van der Waals surface area (Å²) >= 11 is 1.07. The van der Waals surface area contributed by atoms with E-state index in [2.05, 4.69) is 4.90 Å². The molecule has 1 aliphatic heterocycles. The fourth-order valence-electron chi connectivity index (χ4n) is 2.56. The maximum atomic E-state index is 12.2. The Labute approximate surface area is 149 Å². The van der Waals surface area contributed by atoms with Crippen LogP contribution in [0.15, 0.2) is 28.5 Å². The van der Waals surface area contributed by atoms with Gasteiger partial charge in [0.2, 0.25) is 0 Å². The highest BCUT2D eigenvalue weighted by Crippen LogP contribution is 2.34. The number of hydrogen-bond acceptors (Lipinski definition) is 6. The number of thiophene rings is 1. The molecule has 3 rings (SSSR count). The lowest BCUT2D eigenvalue weighted by Gasteiger charge is -2.26. The van der Waals surface area contributed by atoms with E-state index in [0.29, 0.717) is 13.2 Å². The van der Waals surface area contributed by atoms with Crippen molar-refractivity contribution in [3.8, 4) is 0 Å². The van der Waals surface area contributed by atoms with Crippen LogP contribution in [0.2, 0.25) is 0 Å². The minimum absolute atomic E-state index is 0.0412. The van der Waals surface area contributed by atoms with Crippen molar-refractivity contribution in [1.82, 2.24) is 9.62 Å². The van der Waals surface area contributed by atoms with E-state index < -0.39 is 23.9 Å². The zero-order valence-corrected chi connectivity index (χ0v) is 15.8. The van der Waals surface area contributed by atoms with Crippen molar-refractivity contribution in [2.45, 2.75) is 10.8 Å². The number of sulfonamides is 1. The van der Waals surface area contributed by atoms with Crippen molar-refractivity contribution < 1.29 is 27.5 Å². The summed E-state index contributed by atoms with van der Waals surface area (Å²) in [5, 5.41) is 0.798. The van der Waals surface area contributed by atoms with Crippen molar-refractivity contribution in [3.63, 3.8) is 0 Å². The first-order valence-corrected chi connectivity index (χ1v) is 11.7. The minimum Gasteiger partial charge on any atom is -0.379 e. The molecule has 1 fully saturated rings. The largest absolute Gasteiger partial charge is 0.379 e. The van der Waals surface area contributed by atoms with E-state index >= 15 is 0 Å². The van der Waals surface area contributed by atoms with Crippen LogP contribution < -0.4 is 4.72 Å². The van der Waals surface area contributed by atoms with Crippen LogP contribution in [-0.2, 0) is 25.9 Å². The van der Waals surface area contributed by atoms with Crippen molar-refractivity contribution in [1.29, 1.82) is 0 Å². The number of fused-ring (bicyclic) bond motifs is 1. The van der Waals surface area contributed by atoms with Gasteiger partial charge in [-0.25, -0.2) is 8.42 Å². The summed E-state index contributed by atoms with van der Waals surface area (Å²) in [6.45, 7) is 3.94. The molecule has 25 heavy (non-hydrogen) atoms. The van der Waals surface area contributed by atoms with Crippen LogP contribution >= 0.6 is 18.9 Å². The smallest absolute Gasteiger partial charge is 0.340 e. The molecule has 2 heterocycles. The van der Waals surface area contributed by atoms with Gasteiger partial charge in [-0.15, -0.1) is 11.3 Å². The maximum absolute atomic E-state index is 12.2. The minimum atomic E-state index is -4.45. The van der Waals surface area contributed by atoms with Gasteiger partial charge in [0.1, 0.15) is 10.5 Å². The number of benzene rings is 1. The molecule has 0 aliphatic carbocycles. The molecule has 0 atom stereocenters. The summed E-state index contributed by atoms with van der Waals surface area (Å²) in [5.74, 6) is 0. The van der Waals surface area contributed by atoms with E-state index in [1.807, 2.05) is 22.9 Å². The van der Waals surface area contributed by atoms with Gasteiger partial charge in [0, 0.05) is 24.3 Å². The Morgan fingerprint density at radius 3 is 2.64 bits per heavy atom. The third-order valence-corrected chi connectivity index (χ3v) is 7.57. The summed E-state index contributed by atoms with van der Waals surface area (Å²) in [7, 11) is -8.39. The lowest BCUT2D eigenvalue weighted by molar-refractivity contribution is 0.0342. The Kier molecular flexibility index (Phi) is 5.62. The van der Waals surface area contributed by atoms with E-state index in [1.54, 1.807) is 0 Å². The molecular weight excluding hydrogens is 387 g/mol. The molecule has 1 aromatic carbocycles. The quantitative estimate of drug-likeness (QED) is 0.616. The molecule has 1 saturated heterocycles. The van der Waals surface area contributed by atoms with Crippen LogP contribution in [0.4, 0.5) is 0 Å². The molecule has 0 unspecified atom stereocenters. The Hall–Kier alpha value is -0.840. The van der Waals surface area contributed by atoms with E-state index in [1.165, 1.54) is 6.07 Å². The monoisotopic (exact) mass is 406 g/mol. The zero-order valence-electron chi connectivity index (χ0n) is 13.3. The fraction of sp³-hybridized carbons (Fsp3) is 0.429. The maximum Gasteiger partial charge on any atom is 0.340 e. The Balaban J connectivity index is 1.78. The summed E-state index contributed by atoms with van der Waals surface area (Å²) in [5.41, 5.74) is 1.08. The van der Waals surface area contributed by atoms with Crippen molar-refractivity contribution in [2.24, 2.45) is 0 Å². The zero-order chi connectivity index (χ0) is 18.1. The predicted molar refractivity (Wildman–Crippen MR) is 95.2 cm³/mol. The molecule has 11 heteroatoms. The molecule has 8 nitrogen and oxygen atoms in total. The standard InChI is InChI=1S/C14H19N2O6PS2/c17-23(18,19)10-15-25(20,21)14-8-12-7-11(1-2-13(12)24-14)9-16-3-5-22-6-4-16/h1-2,7-8,15H,3-6,9-10H2,(H2,17,18,19). The second-order valence-electron chi connectivity index (χ2n) is 5.80. The molecule has 1 aromatic heterocycles. The van der Waals surface area contributed by atoms with Gasteiger partial charge in [-0.3, -0.25) is 9.46 Å². The van der Waals surface area contributed by atoms with Crippen LogP contribution in [-0.4, -0.2) is 55.7 Å². The van der Waals surface area contributed by atoms with Gasteiger partial charge < -0.3 is 14.5 Å². The molecule has 0 bridgehead atoms. The van der Waals surface area contributed by atoms with Gasteiger partial charge in [0.15, 0.2) is 0 Å². The van der Waals surface area contributed by atoms with Crippen LogP contribution in [0.25, 0.3) is 10.1 Å². The molecular formula is C14H19N2O6PS2. The summed E-state index contributed by atoms with van der Waals surface area (Å²) < 4.78 is 43.4. The number of hydrogen-bond donors (Lipinski definition) is 3. The first-order chi connectivity index (χ1) is 11.7. The van der Waals surface area contributed by atoms with Crippen molar-refractivity contribution >= 4 is 39.0 Å². The van der Waals surface area contributed by atoms with E-state index in [4.69, 9.17) is 14.5 Å². The lowest BCUT2D eigenvalue weighted by Crippen LogP contribution is -2.35. The van der Waals surface area contributed by atoms with Gasteiger partial charge in [0.05, 0.1) is 13.2 Å². The first kappa shape index (κ1) is 18.9. The summed E-state index contributed by atoms with van der Waals surface area (Å²) in [6, 6.07) is 7.32.